The quantitative estimate of drug-likeness (QED) is 0.851. The van der Waals surface area contributed by atoms with Crippen molar-refractivity contribution in [3.05, 3.63) is 39.2 Å². The zero-order valence-corrected chi connectivity index (χ0v) is 15.3. The number of likely N-dealkylation sites (tertiary alicyclic amines) is 1. The average molecular weight is 368 g/mol. The third-order valence-corrected chi connectivity index (χ3v) is 5.77. The number of hydrogen-bond acceptors (Lipinski definition) is 5. The van der Waals surface area contributed by atoms with Crippen molar-refractivity contribution in [2.75, 3.05) is 19.6 Å². The lowest BCUT2D eigenvalue weighted by Crippen LogP contribution is -2.43. The molecular formula is C17H22ClN3O2S. The zero-order valence-electron chi connectivity index (χ0n) is 13.8. The Kier molecular flexibility index (Phi) is 5.92. The van der Waals surface area contributed by atoms with Gasteiger partial charge in [-0.3, -0.25) is 9.69 Å². The first-order valence-corrected chi connectivity index (χ1v) is 9.45. The van der Waals surface area contributed by atoms with Crippen molar-refractivity contribution in [3.8, 4) is 0 Å². The summed E-state index contributed by atoms with van der Waals surface area (Å²) >= 11 is 7.51. The standard InChI is InChI=1S/C17H22ClN3O2S/c1-12-16(18)24-15(20-12)6-7-19-17(22)13-4-2-8-21(10-13)11-14-5-3-9-23-14/h3,5,9,13H,2,4,6-8,10-11H2,1H3,(H,19,22). The third kappa shape index (κ3) is 4.59. The second-order valence-corrected chi connectivity index (χ2v) is 7.85. The number of halogens is 1. The molecule has 2 aromatic heterocycles. The highest BCUT2D eigenvalue weighted by atomic mass is 35.5. The number of rotatable bonds is 6. The average Bonchev–Trinajstić information content (AvgIpc) is 3.18. The molecule has 24 heavy (non-hydrogen) atoms. The van der Waals surface area contributed by atoms with Crippen LogP contribution in [0, 0.1) is 12.8 Å². The maximum atomic E-state index is 12.4. The van der Waals surface area contributed by atoms with Crippen LogP contribution >= 0.6 is 22.9 Å². The van der Waals surface area contributed by atoms with Gasteiger partial charge in [0.25, 0.3) is 0 Å². The van der Waals surface area contributed by atoms with E-state index in [4.69, 9.17) is 16.0 Å². The van der Waals surface area contributed by atoms with E-state index in [2.05, 4.69) is 15.2 Å². The minimum absolute atomic E-state index is 0.0512. The number of amides is 1. The summed E-state index contributed by atoms with van der Waals surface area (Å²) in [4.78, 5) is 19.1. The van der Waals surface area contributed by atoms with Crippen molar-refractivity contribution >= 4 is 28.8 Å². The summed E-state index contributed by atoms with van der Waals surface area (Å²) in [7, 11) is 0. The largest absolute Gasteiger partial charge is 0.468 e. The Labute approximate surface area is 151 Å². The number of aryl methyl sites for hydroxylation is 1. The third-order valence-electron chi connectivity index (χ3n) is 4.26. The summed E-state index contributed by atoms with van der Waals surface area (Å²) in [6.45, 7) is 5.08. The van der Waals surface area contributed by atoms with Gasteiger partial charge in [0.2, 0.25) is 5.91 Å². The van der Waals surface area contributed by atoms with Crippen LogP contribution in [0.4, 0.5) is 0 Å². The molecule has 2 aromatic rings. The Bertz CT molecular complexity index is 652. The predicted octanol–water partition coefficient (Wildman–Crippen LogP) is 3.27. The van der Waals surface area contributed by atoms with E-state index in [1.807, 2.05) is 19.1 Å². The molecule has 1 saturated heterocycles. The minimum atomic E-state index is 0.0512. The van der Waals surface area contributed by atoms with E-state index in [0.717, 1.165) is 59.7 Å². The number of aromatic nitrogens is 1. The van der Waals surface area contributed by atoms with Crippen molar-refractivity contribution in [1.82, 2.24) is 15.2 Å². The van der Waals surface area contributed by atoms with Gasteiger partial charge in [-0.2, -0.15) is 0 Å². The summed E-state index contributed by atoms with van der Waals surface area (Å²) in [5.74, 6) is 1.14. The van der Waals surface area contributed by atoms with Crippen LogP contribution in [0.3, 0.4) is 0 Å². The van der Waals surface area contributed by atoms with Crippen molar-refractivity contribution in [2.24, 2.45) is 5.92 Å². The molecule has 1 aliphatic heterocycles. The fourth-order valence-corrected chi connectivity index (χ4v) is 4.11. The zero-order chi connectivity index (χ0) is 16.9. The monoisotopic (exact) mass is 367 g/mol. The molecule has 0 aromatic carbocycles. The molecule has 1 fully saturated rings. The van der Waals surface area contributed by atoms with Gasteiger partial charge in [0.15, 0.2) is 0 Å². The molecule has 0 saturated carbocycles. The van der Waals surface area contributed by atoms with Crippen LogP contribution in [-0.2, 0) is 17.8 Å². The van der Waals surface area contributed by atoms with E-state index < -0.39 is 0 Å². The molecule has 0 spiro atoms. The number of piperidine rings is 1. The second kappa shape index (κ2) is 8.14. The number of hydrogen-bond donors (Lipinski definition) is 1. The first-order chi connectivity index (χ1) is 11.6. The first-order valence-electron chi connectivity index (χ1n) is 8.26. The molecular weight excluding hydrogens is 346 g/mol. The summed E-state index contributed by atoms with van der Waals surface area (Å²) in [6, 6.07) is 3.88. The van der Waals surface area contributed by atoms with Gasteiger partial charge < -0.3 is 9.73 Å². The molecule has 0 aliphatic carbocycles. The number of thiazole rings is 1. The molecule has 0 bridgehead atoms. The number of carbonyl (C=O) groups is 1. The lowest BCUT2D eigenvalue weighted by molar-refractivity contribution is -0.126. The summed E-state index contributed by atoms with van der Waals surface area (Å²) in [5, 5.41) is 4.02. The van der Waals surface area contributed by atoms with Crippen LogP contribution in [-0.4, -0.2) is 35.4 Å². The smallest absolute Gasteiger partial charge is 0.224 e. The molecule has 1 unspecified atom stereocenters. The summed E-state index contributed by atoms with van der Waals surface area (Å²) in [6.07, 6.45) is 4.41. The number of nitrogens with zero attached hydrogens (tertiary/aromatic N) is 2. The van der Waals surface area contributed by atoms with Gasteiger partial charge in [-0.25, -0.2) is 4.98 Å². The fraction of sp³-hybridized carbons (Fsp3) is 0.529. The Morgan fingerprint density at radius 2 is 2.46 bits per heavy atom. The molecule has 7 heteroatoms. The van der Waals surface area contributed by atoms with Gasteiger partial charge in [-0.15, -0.1) is 11.3 Å². The van der Waals surface area contributed by atoms with Gasteiger partial charge in [0, 0.05) is 19.5 Å². The highest BCUT2D eigenvalue weighted by Gasteiger charge is 2.26. The topological polar surface area (TPSA) is 58.4 Å². The fourth-order valence-electron chi connectivity index (χ4n) is 3.01. The van der Waals surface area contributed by atoms with Crippen LogP contribution in [0.2, 0.25) is 4.34 Å². The lowest BCUT2D eigenvalue weighted by Gasteiger charge is -2.31. The Morgan fingerprint density at radius 1 is 1.58 bits per heavy atom. The van der Waals surface area contributed by atoms with Crippen LogP contribution in [0.1, 0.15) is 29.3 Å². The maximum absolute atomic E-state index is 12.4. The van der Waals surface area contributed by atoms with Crippen molar-refractivity contribution in [2.45, 2.75) is 32.7 Å². The normalized spacial score (nSPS) is 18.7. The van der Waals surface area contributed by atoms with E-state index in [-0.39, 0.29) is 11.8 Å². The van der Waals surface area contributed by atoms with E-state index >= 15 is 0 Å². The van der Waals surface area contributed by atoms with Crippen molar-refractivity contribution in [1.29, 1.82) is 0 Å². The van der Waals surface area contributed by atoms with Crippen molar-refractivity contribution < 1.29 is 9.21 Å². The van der Waals surface area contributed by atoms with E-state index in [1.165, 1.54) is 11.3 Å². The second-order valence-electron chi connectivity index (χ2n) is 6.16. The van der Waals surface area contributed by atoms with Crippen molar-refractivity contribution in [3.63, 3.8) is 0 Å². The molecule has 1 N–H and O–H groups in total. The van der Waals surface area contributed by atoms with Gasteiger partial charge in [0.05, 0.1) is 29.4 Å². The molecule has 3 rings (SSSR count). The number of nitrogens with one attached hydrogen (secondary N) is 1. The summed E-state index contributed by atoms with van der Waals surface area (Å²) < 4.78 is 6.13. The lowest BCUT2D eigenvalue weighted by atomic mass is 9.97. The van der Waals surface area contributed by atoms with Gasteiger partial charge in [-0.1, -0.05) is 11.6 Å². The van der Waals surface area contributed by atoms with E-state index in [9.17, 15) is 4.79 Å². The molecule has 0 radical (unpaired) electrons. The highest BCUT2D eigenvalue weighted by Crippen LogP contribution is 2.23. The Morgan fingerprint density at radius 3 is 3.17 bits per heavy atom. The molecule has 5 nitrogen and oxygen atoms in total. The number of carbonyl (C=O) groups excluding carboxylic acids is 1. The molecule has 1 aliphatic rings. The molecule has 3 heterocycles. The molecule has 1 atom stereocenters. The van der Waals surface area contributed by atoms with E-state index in [0.29, 0.717) is 6.54 Å². The minimum Gasteiger partial charge on any atom is -0.468 e. The molecule has 130 valence electrons. The SMILES string of the molecule is Cc1nc(CCNC(=O)C2CCCN(Cc3ccco3)C2)sc1Cl. The van der Waals surface area contributed by atoms with Crippen LogP contribution < -0.4 is 5.32 Å². The predicted molar refractivity (Wildman–Crippen MR) is 95.3 cm³/mol. The Balaban J connectivity index is 1.44. The molecule has 1 amide bonds. The summed E-state index contributed by atoms with van der Waals surface area (Å²) in [5.41, 5.74) is 0.865. The highest BCUT2D eigenvalue weighted by molar-refractivity contribution is 7.16. The Hall–Kier alpha value is -1.37. The maximum Gasteiger partial charge on any atom is 0.224 e. The van der Waals surface area contributed by atoms with Gasteiger partial charge in [0.1, 0.15) is 10.1 Å². The van der Waals surface area contributed by atoms with Crippen LogP contribution in [0.5, 0.6) is 0 Å². The van der Waals surface area contributed by atoms with Gasteiger partial charge in [-0.05, 0) is 38.4 Å². The van der Waals surface area contributed by atoms with E-state index in [1.54, 1.807) is 6.26 Å². The van der Waals surface area contributed by atoms with Crippen LogP contribution in [0.25, 0.3) is 0 Å². The van der Waals surface area contributed by atoms with Crippen LogP contribution in [0.15, 0.2) is 22.8 Å². The first kappa shape index (κ1) is 17.5. The number of furan rings is 1. The van der Waals surface area contributed by atoms with Gasteiger partial charge >= 0.3 is 0 Å².